The van der Waals surface area contributed by atoms with E-state index in [-0.39, 0.29) is 10.5 Å². The molecule has 0 aliphatic heterocycles. The van der Waals surface area contributed by atoms with Crippen LogP contribution in [0.5, 0.6) is 0 Å². The van der Waals surface area contributed by atoms with Crippen molar-refractivity contribution < 1.29 is 13.2 Å². The number of carbonyl (C=O) groups excluding carboxylic acids is 1. The smallest absolute Gasteiger partial charge is 0.257 e. The summed E-state index contributed by atoms with van der Waals surface area (Å²) in [6, 6.07) is 12.7. The fourth-order valence-corrected chi connectivity index (χ4v) is 2.63. The van der Waals surface area contributed by atoms with E-state index in [4.69, 9.17) is 5.14 Å². The second kappa shape index (κ2) is 5.74. The number of sulfonamides is 1. The number of anilines is 1. The van der Waals surface area contributed by atoms with Crippen molar-refractivity contribution in [3.63, 3.8) is 0 Å². The molecule has 20 heavy (non-hydrogen) atoms. The minimum absolute atomic E-state index is 0.0120. The van der Waals surface area contributed by atoms with Crippen LogP contribution in [0.15, 0.2) is 57.9 Å². The summed E-state index contributed by atoms with van der Waals surface area (Å²) in [5.74, 6) is -0.531. The van der Waals surface area contributed by atoms with Crippen molar-refractivity contribution >= 4 is 37.5 Å². The van der Waals surface area contributed by atoms with Crippen molar-refractivity contribution in [3.05, 3.63) is 58.6 Å². The van der Waals surface area contributed by atoms with Gasteiger partial charge in [-0.3, -0.25) is 4.79 Å². The number of rotatable bonds is 3. The van der Waals surface area contributed by atoms with Crippen LogP contribution >= 0.6 is 15.9 Å². The van der Waals surface area contributed by atoms with Gasteiger partial charge in [0, 0.05) is 10.2 Å². The number of benzene rings is 2. The number of amides is 1. The fourth-order valence-electron chi connectivity index (χ4n) is 1.63. The van der Waals surface area contributed by atoms with Crippen LogP contribution in [0.4, 0.5) is 5.69 Å². The molecule has 0 heterocycles. The van der Waals surface area contributed by atoms with Crippen molar-refractivity contribution in [2.24, 2.45) is 5.14 Å². The van der Waals surface area contributed by atoms with Crippen LogP contribution in [0, 0.1) is 0 Å². The second-order valence-electron chi connectivity index (χ2n) is 4.00. The van der Waals surface area contributed by atoms with Gasteiger partial charge in [-0.1, -0.05) is 28.1 Å². The monoisotopic (exact) mass is 354 g/mol. The van der Waals surface area contributed by atoms with Gasteiger partial charge >= 0.3 is 0 Å². The number of primary sulfonamides is 1. The van der Waals surface area contributed by atoms with E-state index in [2.05, 4.69) is 21.2 Å². The Kier molecular flexibility index (Phi) is 4.22. The molecule has 5 nitrogen and oxygen atoms in total. The number of hydrogen-bond acceptors (Lipinski definition) is 3. The first-order valence-corrected chi connectivity index (χ1v) is 7.90. The molecule has 2 aromatic carbocycles. The summed E-state index contributed by atoms with van der Waals surface area (Å²) in [4.78, 5) is 11.9. The topological polar surface area (TPSA) is 89.3 Å². The van der Waals surface area contributed by atoms with Crippen LogP contribution in [-0.2, 0) is 10.0 Å². The molecule has 0 spiro atoms. The first-order chi connectivity index (χ1) is 9.38. The zero-order chi connectivity index (χ0) is 14.8. The summed E-state index contributed by atoms with van der Waals surface area (Å²) >= 11 is 3.29. The molecule has 2 aromatic rings. The highest BCUT2D eigenvalue weighted by molar-refractivity contribution is 9.10. The van der Waals surface area contributed by atoms with E-state index in [0.717, 1.165) is 4.47 Å². The van der Waals surface area contributed by atoms with E-state index < -0.39 is 15.9 Å². The third-order valence-electron chi connectivity index (χ3n) is 2.54. The van der Waals surface area contributed by atoms with Crippen molar-refractivity contribution in [2.45, 2.75) is 4.90 Å². The molecule has 0 saturated carbocycles. The Hall–Kier alpha value is -1.70. The lowest BCUT2D eigenvalue weighted by atomic mass is 10.2. The molecular formula is C13H11BrN2O3S. The lowest BCUT2D eigenvalue weighted by Gasteiger charge is -2.08. The van der Waals surface area contributed by atoms with Crippen LogP contribution < -0.4 is 10.5 Å². The van der Waals surface area contributed by atoms with Gasteiger partial charge in [0.05, 0.1) is 10.5 Å². The Bertz CT molecular complexity index is 742. The molecule has 0 unspecified atom stereocenters. The largest absolute Gasteiger partial charge is 0.322 e. The molecule has 7 heteroatoms. The van der Waals surface area contributed by atoms with Gasteiger partial charge in [-0.15, -0.1) is 0 Å². The maximum atomic E-state index is 12.1. The van der Waals surface area contributed by atoms with Gasteiger partial charge in [-0.05, 0) is 36.4 Å². The molecule has 2 rings (SSSR count). The highest BCUT2D eigenvalue weighted by Gasteiger charge is 2.18. The normalized spacial score (nSPS) is 11.1. The minimum Gasteiger partial charge on any atom is -0.322 e. The van der Waals surface area contributed by atoms with Crippen molar-refractivity contribution in [2.75, 3.05) is 5.32 Å². The zero-order valence-electron chi connectivity index (χ0n) is 10.2. The van der Waals surface area contributed by atoms with Gasteiger partial charge in [-0.25, -0.2) is 13.6 Å². The Morgan fingerprint density at radius 2 is 1.65 bits per heavy atom. The molecule has 0 aromatic heterocycles. The minimum atomic E-state index is -3.95. The predicted molar refractivity (Wildman–Crippen MR) is 79.9 cm³/mol. The standard InChI is InChI=1S/C13H11BrN2O3S/c14-9-5-7-10(8-6-9)16-13(17)11-3-1-2-4-12(11)20(15,18)19/h1-8H,(H,16,17)(H2,15,18,19). The lowest BCUT2D eigenvalue weighted by Crippen LogP contribution is -2.20. The molecule has 0 atom stereocenters. The van der Waals surface area contributed by atoms with Gasteiger partial charge in [-0.2, -0.15) is 0 Å². The number of halogens is 1. The molecule has 3 N–H and O–H groups in total. The summed E-state index contributed by atoms with van der Waals surface area (Å²) in [6.45, 7) is 0. The van der Waals surface area contributed by atoms with Crippen LogP contribution in [-0.4, -0.2) is 14.3 Å². The maximum Gasteiger partial charge on any atom is 0.257 e. The highest BCUT2D eigenvalue weighted by atomic mass is 79.9. The summed E-state index contributed by atoms with van der Waals surface area (Å²) in [5.41, 5.74) is 0.570. The zero-order valence-corrected chi connectivity index (χ0v) is 12.6. The van der Waals surface area contributed by atoms with E-state index in [9.17, 15) is 13.2 Å². The molecule has 0 fully saturated rings. The van der Waals surface area contributed by atoms with Gasteiger partial charge in [0.1, 0.15) is 0 Å². The SMILES string of the molecule is NS(=O)(=O)c1ccccc1C(=O)Nc1ccc(Br)cc1. The number of carbonyl (C=O) groups is 1. The van der Waals surface area contributed by atoms with E-state index in [0.29, 0.717) is 5.69 Å². The quantitative estimate of drug-likeness (QED) is 0.886. The lowest BCUT2D eigenvalue weighted by molar-refractivity contribution is 0.102. The number of hydrogen-bond donors (Lipinski definition) is 2. The maximum absolute atomic E-state index is 12.1. The molecule has 0 saturated heterocycles. The Labute approximate surface area is 125 Å². The summed E-state index contributed by atoms with van der Waals surface area (Å²) in [5, 5.41) is 7.71. The van der Waals surface area contributed by atoms with Crippen LogP contribution in [0.25, 0.3) is 0 Å². The van der Waals surface area contributed by atoms with Gasteiger partial charge in [0.2, 0.25) is 10.0 Å². The Balaban J connectivity index is 2.33. The molecule has 0 radical (unpaired) electrons. The molecule has 1 amide bonds. The fraction of sp³-hybridized carbons (Fsp3) is 0. The molecule has 0 bridgehead atoms. The second-order valence-corrected chi connectivity index (χ2v) is 6.45. The number of nitrogens with one attached hydrogen (secondary N) is 1. The van der Waals surface area contributed by atoms with Gasteiger partial charge in [0.25, 0.3) is 5.91 Å². The Morgan fingerprint density at radius 3 is 2.25 bits per heavy atom. The van der Waals surface area contributed by atoms with Gasteiger partial charge < -0.3 is 5.32 Å². The highest BCUT2D eigenvalue weighted by Crippen LogP contribution is 2.18. The van der Waals surface area contributed by atoms with E-state index >= 15 is 0 Å². The third-order valence-corrected chi connectivity index (χ3v) is 4.04. The van der Waals surface area contributed by atoms with E-state index in [1.807, 2.05) is 0 Å². The molecular weight excluding hydrogens is 344 g/mol. The average Bonchev–Trinajstić information content (AvgIpc) is 2.40. The van der Waals surface area contributed by atoms with Crippen LogP contribution in [0.2, 0.25) is 0 Å². The van der Waals surface area contributed by atoms with Crippen LogP contribution in [0.1, 0.15) is 10.4 Å². The summed E-state index contributed by atoms with van der Waals surface area (Å²) in [6.07, 6.45) is 0. The number of nitrogens with two attached hydrogens (primary N) is 1. The summed E-state index contributed by atoms with van der Waals surface area (Å²) < 4.78 is 23.8. The third kappa shape index (κ3) is 3.44. The predicted octanol–water partition coefficient (Wildman–Crippen LogP) is 2.35. The Morgan fingerprint density at radius 1 is 1.05 bits per heavy atom. The molecule has 0 aliphatic rings. The summed E-state index contributed by atoms with van der Waals surface area (Å²) in [7, 11) is -3.95. The van der Waals surface area contributed by atoms with E-state index in [1.165, 1.54) is 18.2 Å². The first kappa shape index (κ1) is 14.7. The van der Waals surface area contributed by atoms with Crippen molar-refractivity contribution in [1.29, 1.82) is 0 Å². The first-order valence-electron chi connectivity index (χ1n) is 5.56. The van der Waals surface area contributed by atoms with Crippen molar-refractivity contribution in [3.8, 4) is 0 Å². The van der Waals surface area contributed by atoms with E-state index in [1.54, 1.807) is 30.3 Å². The van der Waals surface area contributed by atoms with Crippen molar-refractivity contribution in [1.82, 2.24) is 0 Å². The molecule has 0 aliphatic carbocycles. The molecule has 104 valence electrons. The average molecular weight is 355 g/mol. The van der Waals surface area contributed by atoms with Gasteiger partial charge in [0.15, 0.2) is 0 Å². The van der Waals surface area contributed by atoms with Crippen LogP contribution in [0.3, 0.4) is 0 Å².